The third-order valence-electron chi connectivity index (χ3n) is 7.03. The summed E-state index contributed by atoms with van der Waals surface area (Å²) in [6.45, 7) is 3.44. The van der Waals surface area contributed by atoms with Crippen LogP contribution < -0.4 is 15.4 Å². The van der Waals surface area contributed by atoms with E-state index in [4.69, 9.17) is 16.3 Å². The summed E-state index contributed by atoms with van der Waals surface area (Å²) in [5.74, 6) is -2.49. The van der Waals surface area contributed by atoms with Crippen LogP contribution in [0.15, 0.2) is 36.4 Å². The molecule has 9 heteroatoms. The number of nitrogens with zero attached hydrogens (tertiary/aromatic N) is 1. The van der Waals surface area contributed by atoms with Crippen LogP contribution in [0.1, 0.15) is 23.6 Å². The number of hydrogen-bond donors (Lipinski definition) is 3. The van der Waals surface area contributed by atoms with Gasteiger partial charge in [-0.1, -0.05) is 23.7 Å². The molecule has 0 radical (unpaired) electrons. The Morgan fingerprint density at radius 1 is 1.18 bits per heavy atom. The Hall–Kier alpha value is -2.94. The first-order valence-electron chi connectivity index (χ1n) is 10.7. The summed E-state index contributed by atoms with van der Waals surface area (Å²) in [6, 6.07) is 9.70. The zero-order valence-electron chi connectivity index (χ0n) is 18.4. The normalized spacial score (nSPS) is 28.8. The van der Waals surface area contributed by atoms with E-state index in [1.807, 2.05) is 6.92 Å². The second kappa shape index (κ2) is 7.55. The smallest absolute Gasteiger partial charge is 0.250 e. The predicted octanol–water partition coefficient (Wildman–Crippen LogP) is 1.96. The monoisotopic (exact) mass is 469 g/mol. The molecule has 1 spiro atoms. The average molecular weight is 470 g/mol. The minimum absolute atomic E-state index is 0.0698. The van der Waals surface area contributed by atoms with Crippen molar-refractivity contribution in [3.63, 3.8) is 0 Å². The number of fused-ring (bicyclic) bond motifs is 4. The molecular formula is C24H24ClN3O5. The molecule has 0 unspecified atom stereocenters. The second-order valence-electron chi connectivity index (χ2n) is 8.93. The van der Waals surface area contributed by atoms with E-state index in [2.05, 4.69) is 10.6 Å². The van der Waals surface area contributed by atoms with Gasteiger partial charge in [-0.25, -0.2) is 0 Å². The molecule has 2 fully saturated rings. The summed E-state index contributed by atoms with van der Waals surface area (Å²) >= 11 is 6.32. The minimum atomic E-state index is -1.49. The lowest BCUT2D eigenvalue weighted by molar-refractivity contribution is -0.143. The summed E-state index contributed by atoms with van der Waals surface area (Å²) in [4.78, 5) is 41.8. The zero-order chi connectivity index (χ0) is 23.7. The number of ether oxygens (including phenoxy) is 1. The number of halogens is 1. The number of imide groups is 1. The van der Waals surface area contributed by atoms with Crippen LogP contribution in [0.25, 0.3) is 0 Å². The number of hydrogen-bond acceptors (Lipinski definition) is 6. The Kier molecular flexibility index (Phi) is 5.00. The molecule has 0 aliphatic carbocycles. The van der Waals surface area contributed by atoms with Gasteiger partial charge in [0, 0.05) is 22.3 Å². The average Bonchev–Trinajstić information content (AvgIpc) is 3.36. The highest BCUT2D eigenvalue weighted by molar-refractivity contribution is 6.31. The van der Waals surface area contributed by atoms with Gasteiger partial charge in [-0.3, -0.25) is 24.6 Å². The molecule has 2 saturated heterocycles. The maximum absolute atomic E-state index is 13.7. The van der Waals surface area contributed by atoms with Gasteiger partial charge in [0.25, 0.3) is 0 Å². The lowest BCUT2D eigenvalue weighted by Crippen LogP contribution is -2.54. The van der Waals surface area contributed by atoms with Gasteiger partial charge >= 0.3 is 0 Å². The molecule has 3 N–H and O–H groups in total. The van der Waals surface area contributed by atoms with Crippen molar-refractivity contribution in [2.24, 2.45) is 11.8 Å². The molecule has 3 heterocycles. The first-order chi connectivity index (χ1) is 15.7. The lowest BCUT2D eigenvalue weighted by atomic mass is 9.76. The van der Waals surface area contributed by atoms with Crippen LogP contribution in [-0.2, 0) is 26.5 Å². The number of aliphatic hydroxyl groups excluding tert-OH is 1. The molecule has 8 nitrogen and oxygen atoms in total. The lowest BCUT2D eigenvalue weighted by Gasteiger charge is -2.30. The zero-order valence-corrected chi connectivity index (χ0v) is 19.1. The van der Waals surface area contributed by atoms with Gasteiger partial charge in [0.2, 0.25) is 17.7 Å². The van der Waals surface area contributed by atoms with Gasteiger partial charge in [0.15, 0.2) is 0 Å². The van der Waals surface area contributed by atoms with E-state index in [9.17, 15) is 19.5 Å². The van der Waals surface area contributed by atoms with Gasteiger partial charge in [-0.2, -0.15) is 0 Å². The van der Waals surface area contributed by atoms with Crippen LogP contribution in [0.4, 0.5) is 5.69 Å². The van der Waals surface area contributed by atoms with Crippen molar-refractivity contribution in [2.45, 2.75) is 38.1 Å². The fourth-order valence-corrected chi connectivity index (χ4v) is 5.78. The first-order valence-corrected chi connectivity index (χ1v) is 11.1. The minimum Gasteiger partial charge on any atom is -0.497 e. The number of rotatable bonds is 4. The molecule has 172 valence electrons. The number of carbonyl (C=O) groups is 3. The summed E-state index contributed by atoms with van der Waals surface area (Å²) in [5, 5.41) is 17.0. The fraction of sp³-hybridized carbons (Fsp3) is 0.375. The Morgan fingerprint density at radius 2 is 1.88 bits per heavy atom. The van der Waals surface area contributed by atoms with Crippen molar-refractivity contribution in [1.29, 1.82) is 0 Å². The molecule has 0 aromatic heterocycles. The van der Waals surface area contributed by atoms with E-state index in [0.717, 1.165) is 11.1 Å². The topological polar surface area (TPSA) is 108 Å². The van der Waals surface area contributed by atoms with E-state index in [1.54, 1.807) is 50.4 Å². The second-order valence-corrected chi connectivity index (χ2v) is 9.37. The van der Waals surface area contributed by atoms with Crippen molar-refractivity contribution < 1.29 is 24.2 Å². The predicted molar refractivity (Wildman–Crippen MR) is 121 cm³/mol. The van der Waals surface area contributed by atoms with Crippen molar-refractivity contribution in [3.05, 3.63) is 58.1 Å². The van der Waals surface area contributed by atoms with Crippen LogP contribution >= 0.6 is 11.6 Å². The van der Waals surface area contributed by atoms with Gasteiger partial charge < -0.3 is 15.2 Å². The summed E-state index contributed by atoms with van der Waals surface area (Å²) in [7, 11) is 1.56. The molecule has 5 rings (SSSR count). The third-order valence-corrected chi connectivity index (χ3v) is 7.25. The van der Waals surface area contributed by atoms with Gasteiger partial charge in [0.1, 0.15) is 11.3 Å². The van der Waals surface area contributed by atoms with Crippen molar-refractivity contribution in [2.75, 3.05) is 12.4 Å². The van der Waals surface area contributed by atoms with E-state index < -0.39 is 47.2 Å². The Morgan fingerprint density at radius 3 is 2.52 bits per heavy atom. The van der Waals surface area contributed by atoms with Gasteiger partial charge in [0.05, 0.1) is 31.6 Å². The molecule has 0 saturated carbocycles. The van der Waals surface area contributed by atoms with Crippen LogP contribution in [-0.4, -0.2) is 47.0 Å². The number of carbonyl (C=O) groups excluding carboxylic acids is 3. The highest BCUT2D eigenvalue weighted by Gasteiger charge is 2.71. The highest BCUT2D eigenvalue weighted by Crippen LogP contribution is 2.54. The van der Waals surface area contributed by atoms with Gasteiger partial charge in [-0.15, -0.1) is 0 Å². The molecule has 3 aliphatic heterocycles. The standard InChI is InChI=1S/C24H24ClN3O5/c1-11-8-14(25)9-16-19(11)26-23(32)24(16)18-17(20(27-24)12(2)29)21(30)28(22(18)31)10-13-4-6-15(33-3)7-5-13/h4-9,12,17-18,20,27,29H,10H2,1-3H3,(H,26,32)/t12-,17+,18-,20-,24-/m1/s1. The third kappa shape index (κ3) is 3.01. The number of anilines is 1. The SMILES string of the molecule is COc1ccc(CN2C(=O)[C@@H]3[C@@H]([C@@H](C)O)N[C@@]4(C(=O)Nc5c(C)cc(Cl)cc54)[C@H]3C2=O)cc1. The Balaban J connectivity index is 1.60. The van der Waals surface area contributed by atoms with Crippen LogP contribution in [0, 0.1) is 18.8 Å². The van der Waals surface area contributed by atoms with Crippen LogP contribution in [0.2, 0.25) is 5.02 Å². The van der Waals surface area contributed by atoms with Crippen LogP contribution in [0.5, 0.6) is 5.75 Å². The molecular weight excluding hydrogens is 446 g/mol. The quantitative estimate of drug-likeness (QED) is 0.591. The van der Waals surface area contributed by atoms with Crippen molar-refractivity contribution in [3.8, 4) is 5.75 Å². The largest absolute Gasteiger partial charge is 0.497 e. The molecule has 2 aromatic carbocycles. The van der Waals surface area contributed by atoms with E-state index in [1.165, 1.54) is 4.90 Å². The van der Waals surface area contributed by atoms with Crippen molar-refractivity contribution in [1.82, 2.24) is 10.2 Å². The summed E-state index contributed by atoms with van der Waals surface area (Å²) < 4.78 is 5.17. The maximum atomic E-state index is 13.7. The molecule has 5 atom stereocenters. The number of aryl methyl sites for hydroxylation is 1. The van der Waals surface area contributed by atoms with E-state index in [-0.39, 0.29) is 6.54 Å². The van der Waals surface area contributed by atoms with Gasteiger partial charge in [-0.05, 0) is 49.2 Å². The molecule has 33 heavy (non-hydrogen) atoms. The van der Waals surface area contributed by atoms with E-state index in [0.29, 0.717) is 22.0 Å². The van der Waals surface area contributed by atoms with Crippen molar-refractivity contribution >= 4 is 35.0 Å². The van der Waals surface area contributed by atoms with E-state index >= 15 is 0 Å². The summed E-state index contributed by atoms with van der Waals surface area (Å²) in [6.07, 6.45) is -0.966. The highest BCUT2D eigenvalue weighted by atomic mass is 35.5. The van der Waals surface area contributed by atoms with Crippen LogP contribution in [0.3, 0.4) is 0 Å². The number of benzene rings is 2. The molecule has 2 aromatic rings. The fourth-order valence-electron chi connectivity index (χ4n) is 5.51. The Labute approximate surface area is 195 Å². The molecule has 3 aliphatic rings. The summed E-state index contributed by atoms with van der Waals surface area (Å²) in [5.41, 5.74) is 1.13. The number of likely N-dealkylation sites (tertiary alicyclic amines) is 1. The first kappa shape index (κ1) is 21.9. The number of amides is 3. The number of nitrogens with one attached hydrogen (secondary N) is 2. The number of aliphatic hydroxyl groups is 1. The maximum Gasteiger partial charge on any atom is 0.250 e. The number of methoxy groups -OCH3 is 1. The Bertz CT molecular complexity index is 1180. The molecule has 3 amide bonds. The molecule has 0 bridgehead atoms.